The van der Waals surface area contributed by atoms with Crippen LogP contribution in [0.25, 0.3) is 0 Å². The van der Waals surface area contributed by atoms with E-state index in [9.17, 15) is 4.79 Å². The fraction of sp³-hybridized carbons (Fsp3) is 0.500. The SMILES string of the molecule is CCC(C)NC(=O)CCNc1ccc(N)cc1C. The Morgan fingerprint density at radius 1 is 1.44 bits per heavy atom. The molecular formula is C14H23N3O. The third-order valence-corrected chi connectivity index (χ3v) is 2.94. The van der Waals surface area contributed by atoms with Gasteiger partial charge >= 0.3 is 0 Å². The molecule has 0 aliphatic rings. The van der Waals surface area contributed by atoms with Crippen LogP contribution in [0, 0.1) is 6.92 Å². The summed E-state index contributed by atoms with van der Waals surface area (Å²) in [5.74, 6) is 0.0879. The van der Waals surface area contributed by atoms with Crippen LogP contribution in [0.5, 0.6) is 0 Å². The van der Waals surface area contributed by atoms with Crippen LogP contribution < -0.4 is 16.4 Å². The van der Waals surface area contributed by atoms with Crippen molar-refractivity contribution >= 4 is 17.3 Å². The Kier molecular flexibility index (Phi) is 5.49. The Morgan fingerprint density at radius 3 is 2.78 bits per heavy atom. The normalized spacial score (nSPS) is 11.9. The first-order valence-corrected chi connectivity index (χ1v) is 6.42. The number of nitrogen functional groups attached to an aromatic ring is 1. The summed E-state index contributed by atoms with van der Waals surface area (Å²) >= 11 is 0. The number of anilines is 2. The predicted molar refractivity (Wildman–Crippen MR) is 76.6 cm³/mol. The van der Waals surface area contributed by atoms with Gasteiger partial charge in [-0.3, -0.25) is 4.79 Å². The second-order valence-electron chi connectivity index (χ2n) is 4.63. The van der Waals surface area contributed by atoms with Crippen molar-refractivity contribution in [2.45, 2.75) is 39.7 Å². The first kappa shape index (κ1) is 14.4. The Balaban J connectivity index is 2.35. The molecule has 4 heteroatoms. The van der Waals surface area contributed by atoms with Gasteiger partial charge in [0.05, 0.1) is 0 Å². The smallest absolute Gasteiger partial charge is 0.221 e. The molecule has 0 aliphatic heterocycles. The van der Waals surface area contributed by atoms with Crippen molar-refractivity contribution in [3.8, 4) is 0 Å². The van der Waals surface area contributed by atoms with E-state index in [0.717, 1.165) is 23.4 Å². The van der Waals surface area contributed by atoms with Crippen LogP contribution in [-0.2, 0) is 4.79 Å². The van der Waals surface area contributed by atoms with Gasteiger partial charge in [0.2, 0.25) is 5.91 Å². The van der Waals surface area contributed by atoms with Crippen LogP contribution >= 0.6 is 0 Å². The van der Waals surface area contributed by atoms with E-state index in [-0.39, 0.29) is 11.9 Å². The second-order valence-corrected chi connectivity index (χ2v) is 4.63. The van der Waals surface area contributed by atoms with Gasteiger partial charge in [0.15, 0.2) is 0 Å². The lowest BCUT2D eigenvalue weighted by molar-refractivity contribution is -0.121. The number of amides is 1. The van der Waals surface area contributed by atoms with Crippen LogP contribution in [0.3, 0.4) is 0 Å². The molecule has 0 heterocycles. The molecule has 0 saturated heterocycles. The summed E-state index contributed by atoms with van der Waals surface area (Å²) < 4.78 is 0. The Morgan fingerprint density at radius 2 is 2.17 bits per heavy atom. The predicted octanol–water partition coefficient (Wildman–Crippen LogP) is 2.29. The third-order valence-electron chi connectivity index (χ3n) is 2.94. The highest BCUT2D eigenvalue weighted by molar-refractivity contribution is 5.76. The molecule has 0 aromatic heterocycles. The highest BCUT2D eigenvalue weighted by atomic mass is 16.1. The molecule has 4 N–H and O–H groups in total. The molecule has 18 heavy (non-hydrogen) atoms. The zero-order chi connectivity index (χ0) is 13.5. The summed E-state index contributed by atoms with van der Waals surface area (Å²) in [4.78, 5) is 11.6. The Hall–Kier alpha value is -1.71. The molecule has 4 nitrogen and oxygen atoms in total. The van der Waals surface area contributed by atoms with Crippen LogP contribution in [0.1, 0.15) is 32.3 Å². The van der Waals surface area contributed by atoms with Crippen molar-refractivity contribution in [3.05, 3.63) is 23.8 Å². The van der Waals surface area contributed by atoms with Crippen molar-refractivity contribution in [2.24, 2.45) is 0 Å². The molecule has 1 unspecified atom stereocenters. The van der Waals surface area contributed by atoms with Crippen molar-refractivity contribution in [1.82, 2.24) is 5.32 Å². The summed E-state index contributed by atoms with van der Waals surface area (Å²) in [6.07, 6.45) is 1.43. The fourth-order valence-corrected chi connectivity index (χ4v) is 1.64. The van der Waals surface area contributed by atoms with Crippen LogP contribution in [-0.4, -0.2) is 18.5 Å². The molecule has 0 saturated carbocycles. The summed E-state index contributed by atoms with van der Waals surface area (Å²) in [5.41, 5.74) is 8.56. The molecule has 100 valence electrons. The Bertz CT molecular complexity index is 404. The monoisotopic (exact) mass is 249 g/mol. The van der Waals surface area contributed by atoms with Crippen LogP contribution in [0.15, 0.2) is 18.2 Å². The largest absolute Gasteiger partial charge is 0.399 e. The molecule has 0 aliphatic carbocycles. The number of carbonyl (C=O) groups excluding carboxylic acids is 1. The van der Waals surface area contributed by atoms with Crippen LogP contribution in [0.2, 0.25) is 0 Å². The molecule has 1 atom stereocenters. The zero-order valence-corrected chi connectivity index (χ0v) is 11.4. The molecule has 0 fully saturated rings. The van der Waals surface area contributed by atoms with Gasteiger partial charge in [-0.15, -0.1) is 0 Å². The number of nitrogens with one attached hydrogen (secondary N) is 2. The maximum Gasteiger partial charge on any atom is 0.221 e. The number of aryl methyl sites for hydroxylation is 1. The minimum absolute atomic E-state index is 0.0879. The number of carbonyl (C=O) groups is 1. The quantitative estimate of drug-likeness (QED) is 0.678. The molecule has 0 spiro atoms. The number of hydrogen-bond acceptors (Lipinski definition) is 3. The van der Waals surface area contributed by atoms with Gasteiger partial charge in [0.25, 0.3) is 0 Å². The number of nitrogens with two attached hydrogens (primary N) is 1. The molecule has 1 aromatic carbocycles. The van der Waals surface area contributed by atoms with E-state index in [1.165, 1.54) is 0 Å². The maximum atomic E-state index is 11.6. The zero-order valence-electron chi connectivity index (χ0n) is 11.4. The lowest BCUT2D eigenvalue weighted by Crippen LogP contribution is -2.32. The van der Waals surface area contributed by atoms with E-state index in [2.05, 4.69) is 17.6 Å². The molecule has 1 amide bonds. The number of hydrogen-bond donors (Lipinski definition) is 3. The lowest BCUT2D eigenvalue weighted by Gasteiger charge is -2.13. The summed E-state index contributed by atoms with van der Waals surface area (Å²) in [6.45, 7) is 6.70. The minimum Gasteiger partial charge on any atom is -0.399 e. The van der Waals surface area contributed by atoms with E-state index in [0.29, 0.717) is 13.0 Å². The van der Waals surface area contributed by atoms with Gasteiger partial charge in [-0.25, -0.2) is 0 Å². The van der Waals surface area contributed by atoms with E-state index in [1.54, 1.807) is 0 Å². The fourth-order valence-electron chi connectivity index (χ4n) is 1.64. The molecule has 1 aromatic rings. The van der Waals surface area contributed by atoms with Gasteiger partial charge in [-0.1, -0.05) is 6.92 Å². The van der Waals surface area contributed by atoms with Crippen LogP contribution in [0.4, 0.5) is 11.4 Å². The lowest BCUT2D eigenvalue weighted by atomic mass is 10.2. The number of benzene rings is 1. The van der Waals surface area contributed by atoms with E-state index in [1.807, 2.05) is 32.0 Å². The molecule has 0 radical (unpaired) electrons. The average molecular weight is 249 g/mol. The first-order chi connectivity index (χ1) is 8.52. The van der Waals surface area contributed by atoms with E-state index >= 15 is 0 Å². The van der Waals surface area contributed by atoms with Crippen molar-refractivity contribution in [3.63, 3.8) is 0 Å². The van der Waals surface area contributed by atoms with E-state index in [4.69, 9.17) is 5.73 Å². The highest BCUT2D eigenvalue weighted by Crippen LogP contribution is 2.17. The van der Waals surface area contributed by atoms with Gasteiger partial charge in [0, 0.05) is 30.4 Å². The van der Waals surface area contributed by atoms with Crippen molar-refractivity contribution in [2.75, 3.05) is 17.6 Å². The summed E-state index contributed by atoms with van der Waals surface area (Å²) in [5, 5.41) is 6.19. The van der Waals surface area contributed by atoms with Gasteiger partial charge in [0.1, 0.15) is 0 Å². The standard InChI is InChI=1S/C14H23N3O/c1-4-11(3)17-14(18)7-8-16-13-6-5-12(15)9-10(13)2/h5-6,9,11,16H,4,7-8,15H2,1-3H3,(H,17,18). The average Bonchev–Trinajstić information content (AvgIpc) is 2.31. The maximum absolute atomic E-state index is 11.6. The molecule has 0 bridgehead atoms. The second kappa shape index (κ2) is 6.89. The van der Waals surface area contributed by atoms with Gasteiger partial charge < -0.3 is 16.4 Å². The topological polar surface area (TPSA) is 67.2 Å². The van der Waals surface area contributed by atoms with E-state index < -0.39 is 0 Å². The third kappa shape index (κ3) is 4.65. The Labute approximate surface area is 109 Å². The van der Waals surface area contributed by atoms with Gasteiger partial charge in [-0.05, 0) is 44.0 Å². The minimum atomic E-state index is 0.0879. The molecular weight excluding hydrogens is 226 g/mol. The van der Waals surface area contributed by atoms with Crippen molar-refractivity contribution < 1.29 is 4.79 Å². The summed E-state index contributed by atoms with van der Waals surface area (Å²) in [7, 11) is 0. The first-order valence-electron chi connectivity index (χ1n) is 6.42. The summed E-state index contributed by atoms with van der Waals surface area (Å²) in [6, 6.07) is 5.96. The van der Waals surface area contributed by atoms with Crippen molar-refractivity contribution in [1.29, 1.82) is 0 Å². The number of rotatable bonds is 6. The highest BCUT2D eigenvalue weighted by Gasteiger charge is 2.05. The van der Waals surface area contributed by atoms with Gasteiger partial charge in [-0.2, -0.15) is 0 Å². The molecule has 1 rings (SSSR count).